The first-order valence-electron chi connectivity index (χ1n) is 8.58. The number of nitrogens with two attached hydrogens (primary N) is 1. The standard InChI is InChI=1S/C21H20N2O5S/c1-26-15-10-14(11-16(27-2)19(15)28-3)23-21(25)18-9-8-17(29-18)12-4-6-13(7-5-12)20(22)24/h4-11H,1-3H3,(H2,22,24)(H,23,25). The average Bonchev–Trinajstić information content (AvgIpc) is 3.23. The van der Waals surface area contributed by atoms with E-state index in [2.05, 4.69) is 5.32 Å². The van der Waals surface area contributed by atoms with Gasteiger partial charge in [0.25, 0.3) is 5.91 Å². The van der Waals surface area contributed by atoms with E-state index in [1.54, 1.807) is 42.5 Å². The summed E-state index contributed by atoms with van der Waals surface area (Å²) in [5.74, 6) is 0.607. The second-order valence-corrected chi connectivity index (χ2v) is 7.06. The third-order valence-corrected chi connectivity index (χ3v) is 5.34. The SMILES string of the molecule is COc1cc(NC(=O)c2ccc(-c3ccc(C(N)=O)cc3)s2)cc(OC)c1OC. The van der Waals surface area contributed by atoms with Crippen LogP contribution in [-0.4, -0.2) is 33.1 Å². The molecule has 29 heavy (non-hydrogen) atoms. The zero-order chi connectivity index (χ0) is 21.0. The van der Waals surface area contributed by atoms with Crippen LogP contribution in [0.2, 0.25) is 0 Å². The molecule has 2 aromatic carbocycles. The second kappa shape index (κ2) is 8.66. The number of thiophene rings is 1. The Balaban J connectivity index is 1.81. The van der Waals surface area contributed by atoms with Crippen molar-refractivity contribution in [3.63, 3.8) is 0 Å². The van der Waals surface area contributed by atoms with Gasteiger partial charge in [-0.1, -0.05) is 12.1 Å². The Kier molecular flexibility index (Phi) is 6.04. The number of methoxy groups -OCH3 is 3. The molecule has 0 aliphatic heterocycles. The van der Waals surface area contributed by atoms with Crippen LogP contribution in [0, 0.1) is 0 Å². The predicted molar refractivity (Wildman–Crippen MR) is 112 cm³/mol. The zero-order valence-corrected chi connectivity index (χ0v) is 17.0. The van der Waals surface area contributed by atoms with Gasteiger partial charge in [0.1, 0.15) is 0 Å². The molecule has 8 heteroatoms. The van der Waals surface area contributed by atoms with Crippen molar-refractivity contribution in [1.82, 2.24) is 0 Å². The van der Waals surface area contributed by atoms with Crippen LogP contribution in [0.5, 0.6) is 17.2 Å². The van der Waals surface area contributed by atoms with E-state index in [4.69, 9.17) is 19.9 Å². The Labute approximate surface area is 172 Å². The fourth-order valence-corrected chi connectivity index (χ4v) is 3.67. The quantitative estimate of drug-likeness (QED) is 0.615. The van der Waals surface area contributed by atoms with Gasteiger partial charge >= 0.3 is 0 Å². The molecule has 0 saturated heterocycles. The minimum Gasteiger partial charge on any atom is -0.493 e. The smallest absolute Gasteiger partial charge is 0.265 e. The number of nitrogens with one attached hydrogen (secondary N) is 1. The Hall–Kier alpha value is -3.52. The summed E-state index contributed by atoms with van der Waals surface area (Å²) < 4.78 is 15.9. The van der Waals surface area contributed by atoms with Gasteiger partial charge in [0, 0.05) is 28.3 Å². The molecule has 0 saturated carbocycles. The Morgan fingerprint density at radius 2 is 1.52 bits per heavy atom. The number of anilines is 1. The number of hydrogen-bond acceptors (Lipinski definition) is 6. The summed E-state index contributed by atoms with van der Waals surface area (Å²) >= 11 is 1.34. The lowest BCUT2D eigenvalue weighted by atomic mass is 10.1. The van der Waals surface area contributed by atoms with E-state index in [1.807, 2.05) is 6.07 Å². The van der Waals surface area contributed by atoms with Crippen molar-refractivity contribution in [3.8, 4) is 27.7 Å². The lowest BCUT2D eigenvalue weighted by Crippen LogP contribution is -2.10. The molecule has 0 aliphatic rings. The van der Waals surface area contributed by atoms with E-state index in [0.717, 1.165) is 10.4 Å². The van der Waals surface area contributed by atoms with E-state index < -0.39 is 5.91 Å². The summed E-state index contributed by atoms with van der Waals surface area (Å²) in [7, 11) is 4.54. The van der Waals surface area contributed by atoms with E-state index in [1.165, 1.54) is 32.7 Å². The molecule has 0 unspecified atom stereocenters. The number of hydrogen-bond donors (Lipinski definition) is 2. The van der Waals surface area contributed by atoms with Gasteiger partial charge < -0.3 is 25.3 Å². The number of carbonyl (C=O) groups is 2. The van der Waals surface area contributed by atoms with Crippen molar-refractivity contribution >= 4 is 28.8 Å². The number of carbonyl (C=O) groups excluding carboxylic acids is 2. The molecule has 3 aromatic rings. The van der Waals surface area contributed by atoms with Crippen molar-refractivity contribution < 1.29 is 23.8 Å². The van der Waals surface area contributed by atoms with Crippen LogP contribution in [0.25, 0.3) is 10.4 Å². The van der Waals surface area contributed by atoms with E-state index in [0.29, 0.717) is 33.4 Å². The molecule has 0 aliphatic carbocycles. The monoisotopic (exact) mass is 412 g/mol. The van der Waals surface area contributed by atoms with Crippen LogP contribution < -0.4 is 25.3 Å². The van der Waals surface area contributed by atoms with Gasteiger partial charge in [0.05, 0.1) is 26.2 Å². The Morgan fingerprint density at radius 3 is 2.03 bits per heavy atom. The largest absolute Gasteiger partial charge is 0.493 e. The summed E-state index contributed by atoms with van der Waals surface area (Å²) in [5.41, 5.74) is 7.11. The molecule has 150 valence electrons. The highest BCUT2D eigenvalue weighted by molar-refractivity contribution is 7.17. The highest BCUT2D eigenvalue weighted by Crippen LogP contribution is 2.40. The van der Waals surface area contributed by atoms with Crippen molar-refractivity contribution in [2.24, 2.45) is 5.73 Å². The van der Waals surface area contributed by atoms with Gasteiger partial charge in [-0.15, -0.1) is 11.3 Å². The van der Waals surface area contributed by atoms with Gasteiger partial charge in [0.2, 0.25) is 11.7 Å². The number of primary amides is 1. The molecule has 2 amide bonds. The number of rotatable bonds is 7. The van der Waals surface area contributed by atoms with Crippen molar-refractivity contribution in [1.29, 1.82) is 0 Å². The minimum absolute atomic E-state index is 0.260. The lowest BCUT2D eigenvalue weighted by Gasteiger charge is -2.14. The second-order valence-electron chi connectivity index (χ2n) is 5.97. The van der Waals surface area contributed by atoms with Crippen LogP contribution in [-0.2, 0) is 0 Å². The van der Waals surface area contributed by atoms with Gasteiger partial charge in [-0.3, -0.25) is 9.59 Å². The first kappa shape index (κ1) is 20.2. The van der Waals surface area contributed by atoms with Crippen molar-refractivity contribution in [3.05, 3.63) is 59.0 Å². The summed E-state index contributed by atoms with van der Waals surface area (Å²) in [6.07, 6.45) is 0. The fraction of sp³-hybridized carbons (Fsp3) is 0.143. The summed E-state index contributed by atoms with van der Waals surface area (Å²) in [4.78, 5) is 25.3. The molecule has 0 bridgehead atoms. The number of ether oxygens (including phenoxy) is 3. The van der Waals surface area contributed by atoms with Crippen molar-refractivity contribution in [2.45, 2.75) is 0 Å². The average molecular weight is 412 g/mol. The maximum absolute atomic E-state index is 12.7. The van der Waals surface area contributed by atoms with Gasteiger partial charge in [-0.25, -0.2) is 0 Å². The van der Waals surface area contributed by atoms with Crippen LogP contribution >= 0.6 is 11.3 Å². The molecule has 0 fully saturated rings. The first-order valence-corrected chi connectivity index (χ1v) is 9.40. The molecule has 3 N–H and O–H groups in total. The Bertz CT molecular complexity index is 1020. The molecule has 0 spiro atoms. The lowest BCUT2D eigenvalue weighted by molar-refractivity contribution is 0.0998. The van der Waals surface area contributed by atoms with E-state index in [9.17, 15) is 9.59 Å². The van der Waals surface area contributed by atoms with Crippen LogP contribution in [0.3, 0.4) is 0 Å². The van der Waals surface area contributed by atoms with Crippen LogP contribution in [0.4, 0.5) is 5.69 Å². The fourth-order valence-electron chi connectivity index (χ4n) is 2.76. The van der Waals surface area contributed by atoms with Gasteiger partial charge in [0.15, 0.2) is 11.5 Å². The van der Waals surface area contributed by atoms with E-state index in [-0.39, 0.29) is 5.91 Å². The minimum atomic E-state index is -0.479. The van der Waals surface area contributed by atoms with Crippen molar-refractivity contribution in [2.75, 3.05) is 26.6 Å². The van der Waals surface area contributed by atoms with Gasteiger partial charge in [-0.2, -0.15) is 0 Å². The highest BCUT2D eigenvalue weighted by Gasteiger charge is 2.16. The molecule has 1 heterocycles. The molecule has 1 aromatic heterocycles. The van der Waals surface area contributed by atoms with Crippen LogP contribution in [0.15, 0.2) is 48.5 Å². The molecular formula is C21H20N2O5S. The number of amides is 2. The third kappa shape index (κ3) is 4.33. The normalized spacial score (nSPS) is 10.3. The van der Waals surface area contributed by atoms with E-state index >= 15 is 0 Å². The maximum atomic E-state index is 12.7. The molecule has 3 rings (SSSR count). The molecule has 7 nitrogen and oxygen atoms in total. The molecule has 0 atom stereocenters. The number of benzene rings is 2. The summed E-state index contributed by atoms with van der Waals surface area (Å²) in [6.45, 7) is 0. The Morgan fingerprint density at radius 1 is 0.897 bits per heavy atom. The predicted octanol–water partition coefficient (Wildman–Crippen LogP) is 3.79. The highest BCUT2D eigenvalue weighted by atomic mass is 32.1. The molecular weight excluding hydrogens is 392 g/mol. The summed E-state index contributed by atoms with van der Waals surface area (Å²) in [5, 5.41) is 2.84. The topological polar surface area (TPSA) is 99.9 Å². The zero-order valence-electron chi connectivity index (χ0n) is 16.1. The van der Waals surface area contributed by atoms with Gasteiger partial charge in [-0.05, 0) is 29.8 Å². The first-order chi connectivity index (χ1) is 14.0. The third-order valence-electron chi connectivity index (χ3n) is 4.21. The summed E-state index contributed by atoms with van der Waals surface area (Å²) in [6, 6.07) is 13.8. The maximum Gasteiger partial charge on any atom is 0.265 e. The van der Waals surface area contributed by atoms with Crippen LogP contribution in [0.1, 0.15) is 20.0 Å². The molecule has 0 radical (unpaired) electrons.